The van der Waals surface area contributed by atoms with Crippen molar-refractivity contribution in [3.8, 4) is 0 Å². The lowest BCUT2D eigenvalue weighted by Gasteiger charge is -2.34. The molecule has 0 spiro atoms. The third kappa shape index (κ3) is 4.14. The van der Waals surface area contributed by atoms with E-state index in [-0.39, 0.29) is 29.6 Å². The van der Waals surface area contributed by atoms with Crippen molar-refractivity contribution in [3.05, 3.63) is 23.9 Å². The molecule has 0 N–H and O–H groups in total. The lowest BCUT2D eigenvalue weighted by atomic mass is 9.96. The number of nitrogens with zero attached hydrogens (tertiary/aromatic N) is 4. The van der Waals surface area contributed by atoms with Crippen molar-refractivity contribution in [2.24, 2.45) is 11.8 Å². The molecule has 0 aromatic carbocycles. The Morgan fingerprint density at radius 3 is 2.47 bits per heavy atom. The third-order valence-corrected chi connectivity index (χ3v) is 7.80. The second-order valence-corrected chi connectivity index (χ2v) is 10.4. The van der Waals surface area contributed by atoms with Gasteiger partial charge in [-0.1, -0.05) is 0 Å². The number of hydrogen-bond donors (Lipinski definition) is 0. The quantitative estimate of drug-likeness (QED) is 0.708. The normalized spacial score (nSPS) is 26.3. The van der Waals surface area contributed by atoms with Gasteiger partial charge < -0.3 is 9.80 Å². The van der Waals surface area contributed by atoms with Crippen LogP contribution in [0.15, 0.2) is 18.3 Å². The number of alkyl halides is 3. The zero-order valence-corrected chi connectivity index (χ0v) is 17.5. The molecule has 3 aliphatic heterocycles. The maximum absolute atomic E-state index is 13.1. The maximum atomic E-state index is 13.1. The molecule has 2 unspecified atom stereocenters. The molecule has 3 saturated heterocycles. The van der Waals surface area contributed by atoms with Crippen molar-refractivity contribution in [2.45, 2.75) is 31.5 Å². The Balaban J connectivity index is 1.41. The van der Waals surface area contributed by atoms with Gasteiger partial charge in [0.1, 0.15) is 5.82 Å². The van der Waals surface area contributed by atoms with E-state index in [2.05, 4.69) is 4.98 Å². The van der Waals surface area contributed by atoms with Gasteiger partial charge in [0.05, 0.1) is 17.9 Å². The summed E-state index contributed by atoms with van der Waals surface area (Å²) in [5.74, 6) is 0.325. The Hall–Kier alpha value is -1.88. The van der Waals surface area contributed by atoms with E-state index < -0.39 is 21.8 Å². The molecule has 1 amide bonds. The number of fused-ring (bicyclic) bond motifs is 1. The number of hydrogen-bond acceptors (Lipinski definition) is 5. The molecule has 4 rings (SSSR count). The minimum atomic E-state index is -4.42. The minimum Gasteiger partial charge on any atom is -0.354 e. The van der Waals surface area contributed by atoms with Gasteiger partial charge in [-0.3, -0.25) is 4.79 Å². The van der Waals surface area contributed by atoms with E-state index in [9.17, 15) is 26.4 Å². The van der Waals surface area contributed by atoms with Crippen LogP contribution in [0.5, 0.6) is 0 Å². The Morgan fingerprint density at radius 2 is 1.83 bits per heavy atom. The fraction of sp³-hybridized carbons (Fsp3) is 0.684. The van der Waals surface area contributed by atoms with Crippen LogP contribution < -0.4 is 4.90 Å². The maximum Gasteiger partial charge on any atom is 0.416 e. The van der Waals surface area contributed by atoms with Gasteiger partial charge in [0.25, 0.3) is 0 Å². The molecule has 30 heavy (non-hydrogen) atoms. The van der Waals surface area contributed by atoms with Gasteiger partial charge in [-0.15, -0.1) is 0 Å². The first kappa shape index (κ1) is 21.4. The summed E-state index contributed by atoms with van der Waals surface area (Å²) in [5.41, 5.74) is -0.727. The number of pyridine rings is 1. The predicted molar refractivity (Wildman–Crippen MR) is 104 cm³/mol. The van der Waals surface area contributed by atoms with E-state index in [0.29, 0.717) is 45.6 Å². The van der Waals surface area contributed by atoms with Gasteiger partial charge in [0, 0.05) is 50.8 Å². The van der Waals surface area contributed by atoms with Crippen LogP contribution in [0.25, 0.3) is 0 Å². The fourth-order valence-electron chi connectivity index (χ4n) is 4.86. The van der Waals surface area contributed by atoms with Crippen LogP contribution in [-0.4, -0.2) is 73.5 Å². The average Bonchev–Trinajstić information content (AvgIpc) is 3.27. The van der Waals surface area contributed by atoms with Crippen LogP contribution in [0.3, 0.4) is 0 Å². The van der Waals surface area contributed by atoms with Crippen molar-refractivity contribution in [1.29, 1.82) is 0 Å². The Labute approximate surface area is 173 Å². The number of carbonyl (C=O) groups is 1. The highest BCUT2D eigenvalue weighted by molar-refractivity contribution is 7.88. The zero-order chi connectivity index (χ0) is 21.7. The number of likely N-dealkylation sites (tertiary alicyclic amines) is 1. The molecular weight excluding hydrogens is 421 g/mol. The monoisotopic (exact) mass is 446 g/mol. The molecule has 7 nitrogen and oxygen atoms in total. The fourth-order valence-corrected chi connectivity index (χ4v) is 5.73. The van der Waals surface area contributed by atoms with Gasteiger partial charge in [-0.25, -0.2) is 17.7 Å². The Morgan fingerprint density at radius 1 is 1.13 bits per heavy atom. The lowest BCUT2D eigenvalue weighted by molar-refractivity contribution is -0.138. The summed E-state index contributed by atoms with van der Waals surface area (Å²) in [5, 5.41) is 0. The summed E-state index contributed by atoms with van der Waals surface area (Å²) in [6.45, 7) is 2.38. The molecule has 3 aliphatic rings. The summed E-state index contributed by atoms with van der Waals surface area (Å²) < 4.78 is 63.8. The number of halogens is 3. The molecule has 4 heterocycles. The van der Waals surface area contributed by atoms with Crippen LogP contribution in [0.4, 0.5) is 19.0 Å². The van der Waals surface area contributed by atoms with Crippen LogP contribution in [0.1, 0.15) is 24.8 Å². The molecule has 2 atom stereocenters. The summed E-state index contributed by atoms with van der Waals surface area (Å²) >= 11 is 0. The first-order valence-corrected chi connectivity index (χ1v) is 11.9. The van der Waals surface area contributed by atoms with E-state index in [1.807, 2.05) is 9.80 Å². The average molecular weight is 446 g/mol. The first-order chi connectivity index (χ1) is 14.0. The predicted octanol–water partition coefficient (Wildman–Crippen LogP) is 1.81. The number of anilines is 1. The first-order valence-electron chi connectivity index (χ1n) is 10.1. The highest BCUT2D eigenvalue weighted by Gasteiger charge is 2.45. The summed E-state index contributed by atoms with van der Waals surface area (Å²) in [6, 6.07) is 1.98. The smallest absolute Gasteiger partial charge is 0.354 e. The standard InChI is InChI=1S/C19H25F3N4O3S/c1-30(28,29)25-7-3-13(4-8-25)18(27)26-9-5-14-11-24(12-16(14)26)17-10-15(2-6-23-17)19(20,21)22/h2,6,10,13-14,16H,3-5,7-9,11-12H2,1H3. The van der Waals surface area contributed by atoms with Crippen molar-refractivity contribution < 1.29 is 26.4 Å². The summed E-state index contributed by atoms with van der Waals surface area (Å²) in [6.07, 6.45) is -0.262. The number of rotatable bonds is 3. The number of carbonyl (C=O) groups excluding carboxylic acids is 1. The molecule has 1 aromatic rings. The molecule has 0 bridgehead atoms. The Kier molecular flexibility index (Phi) is 5.46. The molecule has 11 heteroatoms. The van der Waals surface area contributed by atoms with E-state index in [0.717, 1.165) is 18.6 Å². The zero-order valence-electron chi connectivity index (χ0n) is 16.7. The van der Waals surface area contributed by atoms with Crippen molar-refractivity contribution in [2.75, 3.05) is 43.9 Å². The van der Waals surface area contributed by atoms with Gasteiger partial charge in [0.15, 0.2) is 0 Å². The van der Waals surface area contributed by atoms with Crippen LogP contribution in [0.2, 0.25) is 0 Å². The molecule has 0 saturated carbocycles. The molecule has 3 fully saturated rings. The van der Waals surface area contributed by atoms with Crippen LogP contribution in [-0.2, 0) is 21.0 Å². The topological polar surface area (TPSA) is 73.8 Å². The van der Waals surface area contributed by atoms with E-state index >= 15 is 0 Å². The second-order valence-electron chi connectivity index (χ2n) is 8.39. The summed E-state index contributed by atoms with van der Waals surface area (Å²) in [7, 11) is -3.25. The van der Waals surface area contributed by atoms with E-state index in [4.69, 9.17) is 0 Å². The summed E-state index contributed by atoms with van der Waals surface area (Å²) in [4.78, 5) is 20.9. The SMILES string of the molecule is CS(=O)(=O)N1CCC(C(=O)N2CCC3CN(c4cc(C(F)(F)F)ccn4)CC32)CC1. The Bertz CT molecular complexity index is 916. The molecule has 1 aromatic heterocycles. The van der Waals surface area contributed by atoms with Crippen LogP contribution >= 0.6 is 0 Å². The van der Waals surface area contributed by atoms with Crippen molar-refractivity contribution in [3.63, 3.8) is 0 Å². The van der Waals surface area contributed by atoms with E-state index in [1.165, 1.54) is 16.8 Å². The highest BCUT2D eigenvalue weighted by Crippen LogP contribution is 2.37. The van der Waals surface area contributed by atoms with Gasteiger partial charge >= 0.3 is 6.18 Å². The second kappa shape index (κ2) is 7.67. The molecule has 0 radical (unpaired) electrons. The highest BCUT2D eigenvalue weighted by atomic mass is 32.2. The van der Waals surface area contributed by atoms with E-state index in [1.54, 1.807) is 0 Å². The number of piperidine rings is 1. The van der Waals surface area contributed by atoms with Gasteiger partial charge in [-0.2, -0.15) is 13.2 Å². The number of aromatic nitrogens is 1. The number of sulfonamides is 1. The molecule has 166 valence electrons. The van der Waals surface area contributed by atoms with Crippen LogP contribution in [0, 0.1) is 11.8 Å². The van der Waals surface area contributed by atoms with Gasteiger partial charge in [-0.05, 0) is 31.4 Å². The van der Waals surface area contributed by atoms with Crippen molar-refractivity contribution in [1.82, 2.24) is 14.2 Å². The third-order valence-electron chi connectivity index (χ3n) is 6.50. The lowest BCUT2D eigenvalue weighted by Crippen LogP contribution is -2.47. The van der Waals surface area contributed by atoms with Crippen molar-refractivity contribution >= 4 is 21.7 Å². The number of amides is 1. The molecule has 0 aliphatic carbocycles. The largest absolute Gasteiger partial charge is 0.416 e. The molecular formula is C19H25F3N4O3S. The van der Waals surface area contributed by atoms with Gasteiger partial charge in [0.2, 0.25) is 15.9 Å². The minimum absolute atomic E-state index is 0.0366.